The Hall–Kier alpha value is -0.710. The summed E-state index contributed by atoms with van der Waals surface area (Å²) in [7, 11) is 1.84. The quantitative estimate of drug-likeness (QED) is 0.849. The van der Waals surface area contributed by atoms with Crippen LogP contribution in [0.15, 0.2) is 28.7 Å². The number of hydrogen-bond donors (Lipinski definition) is 1. The lowest BCUT2D eigenvalue weighted by Gasteiger charge is -2.33. The molecule has 0 heterocycles. The van der Waals surface area contributed by atoms with E-state index >= 15 is 0 Å². The number of likely N-dealkylation sites (N-methyl/N-ethyl adjacent to an activating group) is 1. The number of carbonyl (C=O) groups excluding carboxylic acids is 1. The number of benzene rings is 1. The first-order valence-electron chi connectivity index (χ1n) is 5.47. The lowest BCUT2D eigenvalue weighted by molar-refractivity contribution is 0.0659. The molecule has 0 aromatic heterocycles. The fourth-order valence-corrected chi connectivity index (χ4v) is 1.54. The van der Waals surface area contributed by atoms with Gasteiger partial charge in [0.15, 0.2) is 5.78 Å². The Labute approximate surface area is 111 Å². The molecule has 0 aliphatic heterocycles. The Morgan fingerprint density at radius 2 is 1.88 bits per heavy atom. The minimum Gasteiger partial charge on any atom is -0.394 e. The third kappa shape index (κ3) is 3.91. The first-order valence-corrected chi connectivity index (χ1v) is 6.27. The van der Waals surface area contributed by atoms with E-state index in [1.54, 1.807) is 12.1 Å². The van der Waals surface area contributed by atoms with E-state index in [1.807, 2.05) is 37.9 Å². The van der Waals surface area contributed by atoms with Gasteiger partial charge in [-0.2, -0.15) is 0 Å². The van der Waals surface area contributed by atoms with Crippen molar-refractivity contribution >= 4 is 21.7 Å². The summed E-state index contributed by atoms with van der Waals surface area (Å²) in [6, 6.07) is 7.30. The Kier molecular flexibility index (Phi) is 4.86. The predicted octanol–water partition coefficient (Wildman–Crippen LogP) is 2.33. The maximum atomic E-state index is 12.0. The van der Waals surface area contributed by atoms with E-state index in [4.69, 9.17) is 0 Å². The first kappa shape index (κ1) is 14.4. The van der Waals surface area contributed by atoms with Crippen LogP contribution in [-0.4, -0.2) is 41.5 Å². The fourth-order valence-electron chi connectivity index (χ4n) is 1.28. The van der Waals surface area contributed by atoms with Crippen molar-refractivity contribution in [1.82, 2.24) is 4.90 Å². The van der Waals surface area contributed by atoms with Gasteiger partial charge < -0.3 is 5.11 Å². The van der Waals surface area contributed by atoms with Crippen LogP contribution in [0.5, 0.6) is 0 Å². The van der Waals surface area contributed by atoms with Crippen molar-refractivity contribution in [3.8, 4) is 0 Å². The Balaban J connectivity index is 2.70. The van der Waals surface area contributed by atoms with Crippen LogP contribution in [0.3, 0.4) is 0 Å². The minimum absolute atomic E-state index is 0.0249. The summed E-state index contributed by atoms with van der Waals surface area (Å²) in [4.78, 5) is 13.8. The number of ketones is 1. The standard InChI is InChI=1S/C13H18BrNO2/c1-13(2,9-16)15(3)8-12(17)10-4-6-11(14)7-5-10/h4-7,16H,8-9H2,1-3H3. The maximum absolute atomic E-state index is 12.0. The van der Waals surface area contributed by atoms with Gasteiger partial charge in [-0.1, -0.05) is 28.1 Å². The molecule has 4 heteroatoms. The predicted molar refractivity (Wildman–Crippen MR) is 72.3 cm³/mol. The van der Waals surface area contributed by atoms with Crippen molar-refractivity contribution in [3.63, 3.8) is 0 Å². The molecule has 17 heavy (non-hydrogen) atoms. The first-order chi connectivity index (χ1) is 7.86. The molecule has 0 spiro atoms. The second-order valence-electron chi connectivity index (χ2n) is 4.76. The molecule has 0 saturated carbocycles. The number of nitrogens with zero attached hydrogens (tertiary/aromatic N) is 1. The lowest BCUT2D eigenvalue weighted by atomic mass is 10.0. The number of aliphatic hydroxyl groups is 1. The zero-order valence-corrected chi connectivity index (χ0v) is 12.0. The molecule has 0 atom stereocenters. The van der Waals surface area contributed by atoms with Gasteiger partial charge in [0.1, 0.15) is 0 Å². The molecule has 0 bridgehead atoms. The third-order valence-electron chi connectivity index (χ3n) is 2.97. The van der Waals surface area contributed by atoms with Gasteiger partial charge in [-0.15, -0.1) is 0 Å². The van der Waals surface area contributed by atoms with Crippen molar-refractivity contribution in [2.75, 3.05) is 20.2 Å². The maximum Gasteiger partial charge on any atom is 0.176 e. The van der Waals surface area contributed by atoms with Gasteiger partial charge in [-0.25, -0.2) is 0 Å². The molecular formula is C13H18BrNO2. The van der Waals surface area contributed by atoms with Crippen LogP contribution in [0.25, 0.3) is 0 Å². The molecule has 0 unspecified atom stereocenters. The SMILES string of the molecule is CN(CC(=O)c1ccc(Br)cc1)C(C)(C)CO. The van der Waals surface area contributed by atoms with E-state index in [1.165, 1.54) is 0 Å². The summed E-state index contributed by atoms with van der Waals surface area (Å²) in [5.41, 5.74) is 0.305. The molecule has 0 aliphatic rings. The van der Waals surface area contributed by atoms with Crippen LogP contribution >= 0.6 is 15.9 Å². The topological polar surface area (TPSA) is 40.5 Å². The van der Waals surface area contributed by atoms with Crippen molar-refractivity contribution < 1.29 is 9.90 Å². The van der Waals surface area contributed by atoms with Crippen LogP contribution in [0.1, 0.15) is 24.2 Å². The highest BCUT2D eigenvalue weighted by molar-refractivity contribution is 9.10. The molecule has 0 aliphatic carbocycles. The van der Waals surface area contributed by atoms with Crippen LogP contribution in [0.4, 0.5) is 0 Å². The van der Waals surface area contributed by atoms with E-state index in [2.05, 4.69) is 15.9 Å². The summed E-state index contributed by atoms with van der Waals surface area (Å²) >= 11 is 3.33. The normalized spacial score (nSPS) is 11.9. The smallest absolute Gasteiger partial charge is 0.176 e. The van der Waals surface area contributed by atoms with Gasteiger partial charge in [0.25, 0.3) is 0 Å². The van der Waals surface area contributed by atoms with Gasteiger partial charge in [-0.3, -0.25) is 9.69 Å². The summed E-state index contributed by atoms with van der Waals surface area (Å²) in [5, 5.41) is 9.23. The van der Waals surface area contributed by atoms with E-state index in [0.717, 1.165) is 4.47 Å². The van der Waals surface area contributed by atoms with E-state index in [9.17, 15) is 9.90 Å². The van der Waals surface area contributed by atoms with E-state index in [-0.39, 0.29) is 17.9 Å². The molecule has 1 N–H and O–H groups in total. The van der Waals surface area contributed by atoms with Crippen molar-refractivity contribution in [2.24, 2.45) is 0 Å². The van der Waals surface area contributed by atoms with Crippen molar-refractivity contribution in [1.29, 1.82) is 0 Å². The second-order valence-corrected chi connectivity index (χ2v) is 5.67. The minimum atomic E-state index is -0.384. The number of Topliss-reactive ketones (excluding diaryl/α,β-unsaturated/α-hetero) is 1. The highest BCUT2D eigenvalue weighted by atomic mass is 79.9. The largest absolute Gasteiger partial charge is 0.394 e. The van der Waals surface area contributed by atoms with Gasteiger partial charge in [0.05, 0.1) is 13.2 Å². The monoisotopic (exact) mass is 299 g/mol. The fraction of sp³-hybridized carbons (Fsp3) is 0.462. The van der Waals surface area contributed by atoms with Crippen LogP contribution in [0, 0.1) is 0 Å². The van der Waals surface area contributed by atoms with Gasteiger partial charge in [0.2, 0.25) is 0 Å². The Bertz CT molecular complexity index is 387. The number of rotatable bonds is 5. The van der Waals surface area contributed by atoms with E-state index in [0.29, 0.717) is 12.1 Å². The molecule has 1 aromatic carbocycles. The summed E-state index contributed by atoms with van der Waals surface area (Å²) < 4.78 is 0.957. The average Bonchev–Trinajstić information content (AvgIpc) is 2.29. The van der Waals surface area contributed by atoms with Crippen molar-refractivity contribution in [2.45, 2.75) is 19.4 Å². The molecule has 1 aromatic rings. The molecule has 1 rings (SSSR count). The number of hydrogen-bond acceptors (Lipinski definition) is 3. The van der Waals surface area contributed by atoms with Gasteiger partial charge >= 0.3 is 0 Å². The number of carbonyl (C=O) groups is 1. The van der Waals surface area contributed by atoms with Crippen LogP contribution in [-0.2, 0) is 0 Å². The van der Waals surface area contributed by atoms with Gasteiger partial charge in [-0.05, 0) is 33.0 Å². The molecular weight excluding hydrogens is 282 g/mol. The van der Waals surface area contributed by atoms with Gasteiger partial charge in [0, 0.05) is 15.6 Å². The third-order valence-corrected chi connectivity index (χ3v) is 3.50. The zero-order chi connectivity index (χ0) is 13.1. The molecule has 0 fully saturated rings. The molecule has 3 nitrogen and oxygen atoms in total. The molecule has 94 valence electrons. The number of aliphatic hydroxyl groups excluding tert-OH is 1. The van der Waals surface area contributed by atoms with Crippen LogP contribution in [0.2, 0.25) is 0 Å². The Morgan fingerprint density at radius 3 is 2.35 bits per heavy atom. The van der Waals surface area contributed by atoms with Crippen LogP contribution < -0.4 is 0 Å². The lowest BCUT2D eigenvalue weighted by Crippen LogP contribution is -2.46. The summed E-state index contributed by atoms with van der Waals surface area (Å²) in [6.45, 7) is 4.13. The summed E-state index contributed by atoms with van der Waals surface area (Å²) in [5.74, 6) is 0.0570. The highest BCUT2D eigenvalue weighted by Crippen LogP contribution is 2.14. The average molecular weight is 300 g/mol. The van der Waals surface area contributed by atoms with Crippen molar-refractivity contribution in [3.05, 3.63) is 34.3 Å². The Morgan fingerprint density at radius 1 is 1.35 bits per heavy atom. The molecule has 0 amide bonds. The second kappa shape index (κ2) is 5.76. The summed E-state index contributed by atoms with van der Waals surface area (Å²) in [6.07, 6.45) is 0. The number of halogens is 1. The highest BCUT2D eigenvalue weighted by Gasteiger charge is 2.24. The van der Waals surface area contributed by atoms with E-state index < -0.39 is 0 Å². The zero-order valence-electron chi connectivity index (χ0n) is 10.4. The molecule has 0 saturated heterocycles. The molecule has 0 radical (unpaired) electrons.